The highest BCUT2D eigenvalue weighted by molar-refractivity contribution is 5.79. The first-order valence-corrected chi connectivity index (χ1v) is 10.3. The normalized spacial score (nSPS) is 14.9. The molecule has 0 atom stereocenters. The van der Waals surface area contributed by atoms with E-state index in [1.54, 1.807) is 7.05 Å². The van der Waals surface area contributed by atoms with E-state index in [0.717, 1.165) is 43.6 Å². The summed E-state index contributed by atoms with van der Waals surface area (Å²) < 4.78 is 5.68. The molecule has 0 bridgehead atoms. The molecule has 0 saturated heterocycles. The molecule has 0 spiro atoms. The van der Waals surface area contributed by atoms with E-state index in [4.69, 9.17) is 4.74 Å². The summed E-state index contributed by atoms with van der Waals surface area (Å²) in [5.41, 5.74) is 1.11. The number of guanidine groups is 1. The van der Waals surface area contributed by atoms with Gasteiger partial charge >= 0.3 is 0 Å². The number of hydrogen-bond donors (Lipinski definition) is 2. The number of rotatable bonds is 11. The highest BCUT2D eigenvalue weighted by Crippen LogP contribution is 2.29. The zero-order valence-corrected chi connectivity index (χ0v) is 17.7. The molecule has 0 amide bonds. The fraction of sp³-hybridized carbons (Fsp3) is 0.714. The van der Waals surface area contributed by atoms with Crippen molar-refractivity contribution in [1.82, 2.24) is 20.5 Å². The highest BCUT2D eigenvalue weighted by atomic mass is 16.5. The molecular weight excluding hydrogens is 338 g/mol. The van der Waals surface area contributed by atoms with Gasteiger partial charge in [0.15, 0.2) is 5.96 Å². The molecule has 1 aliphatic carbocycles. The lowest BCUT2D eigenvalue weighted by molar-refractivity contribution is 0.173. The van der Waals surface area contributed by atoms with Crippen LogP contribution >= 0.6 is 0 Å². The number of aliphatic imine (C=N–C) groups is 1. The van der Waals surface area contributed by atoms with Crippen LogP contribution in [0.2, 0.25) is 0 Å². The molecule has 6 heteroatoms. The van der Waals surface area contributed by atoms with Crippen LogP contribution in [0, 0.1) is 5.92 Å². The van der Waals surface area contributed by atoms with Gasteiger partial charge in [0, 0.05) is 51.0 Å². The van der Waals surface area contributed by atoms with E-state index < -0.39 is 0 Å². The molecule has 0 unspecified atom stereocenters. The zero-order valence-electron chi connectivity index (χ0n) is 17.7. The van der Waals surface area contributed by atoms with Gasteiger partial charge in [-0.1, -0.05) is 6.07 Å². The summed E-state index contributed by atoms with van der Waals surface area (Å²) >= 11 is 0. The molecule has 1 aromatic rings. The Morgan fingerprint density at radius 2 is 1.96 bits per heavy atom. The summed E-state index contributed by atoms with van der Waals surface area (Å²) in [4.78, 5) is 11.2. The SMILES string of the molecule is CN=C(NCCCN(C(C)C)C(C)C)NCc1ccc(OCC2CC2)nc1. The lowest BCUT2D eigenvalue weighted by Gasteiger charge is -2.30. The minimum absolute atomic E-state index is 0.575. The Morgan fingerprint density at radius 3 is 2.52 bits per heavy atom. The van der Waals surface area contributed by atoms with Crippen molar-refractivity contribution >= 4 is 5.96 Å². The van der Waals surface area contributed by atoms with Gasteiger partial charge in [0.05, 0.1) is 6.61 Å². The van der Waals surface area contributed by atoms with Crippen LogP contribution in [-0.4, -0.2) is 54.7 Å². The van der Waals surface area contributed by atoms with Gasteiger partial charge in [-0.15, -0.1) is 0 Å². The molecule has 1 heterocycles. The van der Waals surface area contributed by atoms with Crippen molar-refractivity contribution in [2.75, 3.05) is 26.7 Å². The van der Waals surface area contributed by atoms with Crippen molar-refractivity contribution in [2.24, 2.45) is 10.9 Å². The second kappa shape index (κ2) is 11.1. The van der Waals surface area contributed by atoms with E-state index in [9.17, 15) is 0 Å². The Labute approximate surface area is 164 Å². The number of nitrogens with zero attached hydrogens (tertiary/aromatic N) is 3. The van der Waals surface area contributed by atoms with Gasteiger partial charge in [0.25, 0.3) is 0 Å². The molecule has 1 aromatic heterocycles. The molecule has 1 aliphatic rings. The van der Waals surface area contributed by atoms with Gasteiger partial charge in [0.2, 0.25) is 5.88 Å². The first-order valence-electron chi connectivity index (χ1n) is 10.3. The summed E-state index contributed by atoms with van der Waals surface area (Å²) in [5.74, 6) is 2.29. The molecule has 2 rings (SSSR count). The summed E-state index contributed by atoms with van der Waals surface area (Å²) in [6.07, 6.45) is 5.54. The quantitative estimate of drug-likeness (QED) is 0.354. The Hall–Kier alpha value is -1.82. The van der Waals surface area contributed by atoms with Gasteiger partial charge < -0.3 is 15.4 Å². The van der Waals surface area contributed by atoms with Crippen LogP contribution in [-0.2, 0) is 6.54 Å². The van der Waals surface area contributed by atoms with E-state index in [2.05, 4.69) is 59.3 Å². The Bertz CT molecular complexity index is 558. The zero-order chi connectivity index (χ0) is 19.6. The lowest BCUT2D eigenvalue weighted by atomic mass is 10.2. The minimum Gasteiger partial charge on any atom is -0.477 e. The molecule has 1 fully saturated rings. The number of hydrogen-bond acceptors (Lipinski definition) is 4. The lowest BCUT2D eigenvalue weighted by Crippen LogP contribution is -2.41. The van der Waals surface area contributed by atoms with Crippen LogP contribution in [0.4, 0.5) is 0 Å². The van der Waals surface area contributed by atoms with Crippen molar-refractivity contribution in [3.05, 3.63) is 23.9 Å². The molecule has 0 radical (unpaired) electrons. The maximum absolute atomic E-state index is 5.68. The van der Waals surface area contributed by atoms with Crippen LogP contribution in [0.1, 0.15) is 52.5 Å². The average Bonchev–Trinajstić information content (AvgIpc) is 3.47. The van der Waals surface area contributed by atoms with Crippen LogP contribution in [0.5, 0.6) is 5.88 Å². The number of aromatic nitrogens is 1. The van der Waals surface area contributed by atoms with Crippen molar-refractivity contribution in [2.45, 2.75) is 65.6 Å². The van der Waals surface area contributed by atoms with Crippen LogP contribution in [0.3, 0.4) is 0 Å². The fourth-order valence-corrected chi connectivity index (χ4v) is 3.08. The third-order valence-electron chi connectivity index (χ3n) is 4.86. The summed E-state index contributed by atoms with van der Waals surface area (Å²) in [6.45, 7) is 12.5. The van der Waals surface area contributed by atoms with E-state index in [-0.39, 0.29) is 0 Å². The van der Waals surface area contributed by atoms with Gasteiger partial charge in [-0.25, -0.2) is 4.98 Å². The number of ether oxygens (including phenoxy) is 1. The molecule has 6 nitrogen and oxygen atoms in total. The number of nitrogens with one attached hydrogen (secondary N) is 2. The predicted octanol–water partition coefficient (Wildman–Crippen LogP) is 3.04. The van der Waals surface area contributed by atoms with Crippen LogP contribution in [0.15, 0.2) is 23.3 Å². The fourth-order valence-electron chi connectivity index (χ4n) is 3.08. The molecule has 2 N–H and O–H groups in total. The van der Waals surface area contributed by atoms with Crippen molar-refractivity contribution in [3.63, 3.8) is 0 Å². The first kappa shape index (κ1) is 21.5. The maximum atomic E-state index is 5.68. The van der Waals surface area contributed by atoms with Gasteiger partial charge in [-0.3, -0.25) is 9.89 Å². The topological polar surface area (TPSA) is 61.8 Å². The van der Waals surface area contributed by atoms with Gasteiger partial charge in [0.1, 0.15) is 0 Å². The summed E-state index contributed by atoms with van der Waals surface area (Å²) in [6, 6.07) is 5.15. The predicted molar refractivity (Wildman–Crippen MR) is 112 cm³/mol. The van der Waals surface area contributed by atoms with Crippen LogP contribution < -0.4 is 15.4 Å². The van der Waals surface area contributed by atoms with Crippen LogP contribution in [0.25, 0.3) is 0 Å². The van der Waals surface area contributed by atoms with Crippen molar-refractivity contribution in [1.29, 1.82) is 0 Å². The Balaban J connectivity index is 1.65. The average molecular weight is 376 g/mol. The third-order valence-corrected chi connectivity index (χ3v) is 4.86. The standard InChI is InChI=1S/C21H37N5O/c1-16(2)26(17(3)4)12-6-11-23-21(22-5)25-14-19-9-10-20(24-13-19)27-15-18-7-8-18/h9-10,13,16-18H,6-8,11-12,14-15H2,1-5H3,(H2,22,23,25). The maximum Gasteiger partial charge on any atom is 0.213 e. The van der Waals surface area contributed by atoms with Crippen molar-refractivity contribution < 1.29 is 4.74 Å². The van der Waals surface area contributed by atoms with E-state index in [1.165, 1.54) is 12.8 Å². The van der Waals surface area contributed by atoms with Gasteiger partial charge in [-0.05, 0) is 58.4 Å². The first-order chi connectivity index (χ1) is 13.0. The van der Waals surface area contributed by atoms with E-state index in [0.29, 0.717) is 24.5 Å². The van der Waals surface area contributed by atoms with E-state index in [1.807, 2.05) is 12.3 Å². The monoisotopic (exact) mass is 375 g/mol. The summed E-state index contributed by atoms with van der Waals surface area (Å²) in [5, 5.41) is 6.73. The Morgan fingerprint density at radius 1 is 1.22 bits per heavy atom. The van der Waals surface area contributed by atoms with Gasteiger partial charge in [-0.2, -0.15) is 0 Å². The minimum atomic E-state index is 0.575. The second-order valence-corrected chi connectivity index (χ2v) is 7.89. The second-order valence-electron chi connectivity index (χ2n) is 7.89. The molecule has 27 heavy (non-hydrogen) atoms. The molecule has 0 aromatic carbocycles. The smallest absolute Gasteiger partial charge is 0.213 e. The number of pyridine rings is 1. The third kappa shape index (κ3) is 8.16. The van der Waals surface area contributed by atoms with E-state index >= 15 is 0 Å². The largest absolute Gasteiger partial charge is 0.477 e. The molecular formula is C21H37N5O. The molecule has 0 aliphatic heterocycles. The molecule has 152 valence electrons. The summed E-state index contributed by atoms with van der Waals surface area (Å²) in [7, 11) is 1.80. The Kier molecular flexibility index (Phi) is 8.85. The molecule has 1 saturated carbocycles. The van der Waals surface area contributed by atoms with Crippen molar-refractivity contribution in [3.8, 4) is 5.88 Å². The highest BCUT2D eigenvalue weighted by Gasteiger charge is 2.22.